The number of rotatable bonds is 3. The Balaban J connectivity index is 2.58. The smallest absolute Gasteiger partial charge is 0.305 e. The van der Waals surface area contributed by atoms with E-state index >= 15 is 0 Å². The molecule has 0 spiro atoms. The van der Waals surface area contributed by atoms with Crippen LogP contribution in [0.2, 0.25) is 0 Å². The van der Waals surface area contributed by atoms with E-state index in [-0.39, 0.29) is 18.5 Å². The molecule has 2 aromatic rings. The van der Waals surface area contributed by atoms with E-state index in [1.54, 1.807) is 6.07 Å². The van der Waals surface area contributed by atoms with Gasteiger partial charge in [0.15, 0.2) is 0 Å². The molecule has 0 atom stereocenters. The van der Waals surface area contributed by atoms with E-state index in [0.717, 1.165) is 16.5 Å². The second-order valence-electron chi connectivity index (χ2n) is 4.03. The van der Waals surface area contributed by atoms with Crippen LogP contribution in [-0.2, 0) is 11.3 Å². The number of nitrogens with zero attached hydrogens (tertiary/aromatic N) is 1. The van der Waals surface area contributed by atoms with Gasteiger partial charge in [-0.2, -0.15) is 0 Å². The van der Waals surface area contributed by atoms with Crippen LogP contribution in [0.25, 0.3) is 10.9 Å². The Morgan fingerprint density at radius 3 is 2.71 bits per heavy atom. The number of aromatic nitrogens is 1. The third-order valence-electron chi connectivity index (χ3n) is 2.70. The Kier molecular flexibility index (Phi) is 2.95. The molecule has 2 rings (SSSR count). The van der Waals surface area contributed by atoms with Crippen LogP contribution in [0.5, 0.6) is 0 Å². The zero-order chi connectivity index (χ0) is 12.4. The molecule has 4 nitrogen and oxygen atoms in total. The topological polar surface area (TPSA) is 59.3 Å². The highest BCUT2D eigenvalue weighted by atomic mass is 16.4. The van der Waals surface area contributed by atoms with Gasteiger partial charge >= 0.3 is 5.97 Å². The lowest BCUT2D eigenvalue weighted by molar-refractivity contribution is -0.137. The number of hydrogen-bond donors (Lipinski definition) is 1. The molecule has 0 radical (unpaired) electrons. The van der Waals surface area contributed by atoms with Crippen LogP contribution in [0.4, 0.5) is 0 Å². The first kappa shape index (κ1) is 11.4. The molecule has 0 unspecified atom stereocenters. The minimum absolute atomic E-state index is 0.0486. The van der Waals surface area contributed by atoms with Crippen LogP contribution in [0.1, 0.15) is 12.0 Å². The fraction of sp³-hybridized carbons (Fsp3) is 0.231. The highest BCUT2D eigenvalue weighted by Crippen LogP contribution is 2.14. The molecule has 0 aliphatic carbocycles. The molecule has 0 amide bonds. The molecule has 0 fully saturated rings. The molecule has 0 aliphatic rings. The highest BCUT2D eigenvalue weighted by Gasteiger charge is 2.05. The fourth-order valence-electron chi connectivity index (χ4n) is 1.84. The molecule has 0 saturated carbocycles. The number of pyridine rings is 1. The monoisotopic (exact) mass is 231 g/mol. The third kappa shape index (κ3) is 2.36. The zero-order valence-electron chi connectivity index (χ0n) is 9.51. The van der Waals surface area contributed by atoms with Crippen molar-refractivity contribution in [2.24, 2.45) is 0 Å². The van der Waals surface area contributed by atoms with Crippen molar-refractivity contribution in [2.75, 3.05) is 0 Å². The Morgan fingerprint density at radius 2 is 2.00 bits per heavy atom. The Bertz CT molecular complexity index is 628. The van der Waals surface area contributed by atoms with E-state index in [2.05, 4.69) is 0 Å². The summed E-state index contributed by atoms with van der Waals surface area (Å²) in [6, 6.07) is 9.03. The summed E-state index contributed by atoms with van der Waals surface area (Å²) in [4.78, 5) is 22.3. The normalized spacial score (nSPS) is 10.6. The van der Waals surface area contributed by atoms with Gasteiger partial charge in [-0.25, -0.2) is 0 Å². The summed E-state index contributed by atoms with van der Waals surface area (Å²) in [7, 11) is 0. The average Bonchev–Trinajstić information content (AvgIpc) is 2.27. The third-order valence-corrected chi connectivity index (χ3v) is 2.70. The van der Waals surface area contributed by atoms with Crippen LogP contribution in [0, 0.1) is 6.92 Å². The summed E-state index contributed by atoms with van der Waals surface area (Å²) in [5.41, 5.74) is 1.68. The number of aliphatic carboxylic acids is 1. The van der Waals surface area contributed by atoms with Gasteiger partial charge in [-0.05, 0) is 30.0 Å². The van der Waals surface area contributed by atoms with Crippen LogP contribution in [-0.4, -0.2) is 15.6 Å². The van der Waals surface area contributed by atoms with Crippen molar-refractivity contribution in [1.29, 1.82) is 0 Å². The molecule has 17 heavy (non-hydrogen) atoms. The Labute approximate surface area is 98.1 Å². The lowest BCUT2D eigenvalue weighted by Gasteiger charge is -2.09. The van der Waals surface area contributed by atoms with Gasteiger partial charge in [-0.15, -0.1) is 0 Å². The van der Waals surface area contributed by atoms with Gasteiger partial charge in [0.05, 0.1) is 11.9 Å². The van der Waals surface area contributed by atoms with E-state index in [1.165, 1.54) is 10.6 Å². The lowest BCUT2D eigenvalue weighted by Crippen LogP contribution is -2.20. The summed E-state index contributed by atoms with van der Waals surface area (Å²) in [5.74, 6) is -0.901. The predicted octanol–water partition coefficient (Wildman–Crippen LogP) is 1.78. The maximum atomic E-state index is 11.7. The largest absolute Gasteiger partial charge is 0.481 e. The first-order valence-electron chi connectivity index (χ1n) is 5.40. The number of carboxylic acid groups (broad SMARTS) is 1. The number of aryl methyl sites for hydroxylation is 2. The van der Waals surface area contributed by atoms with Gasteiger partial charge in [0.2, 0.25) is 0 Å². The van der Waals surface area contributed by atoms with Crippen molar-refractivity contribution in [3.05, 3.63) is 46.2 Å². The molecule has 88 valence electrons. The van der Waals surface area contributed by atoms with E-state index in [4.69, 9.17) is 5.11 Å². The lowest BCUT2D eigenvalue weighted by atomic mass is 10.1. The SMILES string of the molecule is Cc1ccc2ccc(=O)n(CCC(=O)O)c2c1. The molecule has 1 heterocycles. The number of carboxylic acids is 1. The van der Waals surface area contributed by atoms with Gasteiger partial charge in [0.1, 0.15) is 0 Å². The number of fused-ring (bicyclic) bond motifs is 1. The van der Waals surface area contributed by atoms with Crippen molar-refractivity contribution in [1.82, 2.24) is 4.57 Å². The summed E-state index contributed by atoms with van der Waals surface area (Å²) >= 11 is 0. The highest BCUT2D eigenvalue weighted by molar-refractivity contribution is 5.79. The fourth-order valence-corrected chi connectivity index (χ4v) is 1.84. The molecule has 0 saturated heterocycles. The Hall–Kier alpha value is -2.10. The Morgan fingerprint density at radius 1 is 1.29 bits per heavy atom. The van der Waals surface area contributed by atoms with Crippen LogP contribution < -0.4 is 5.56 Å². The molecule has 0 aliphatic heterocycles. The molecule has 4 heteroatoms. The van der Waals surface area contributed by atoms with E-state index < -0.39 is 5.97 Å². The van der Waals surface area contributed by atoms with E-state index in [9.17, 15) is 9.59 Å². The second kappa shape index (κ2) is 4.41. The zero-order valence-corrected chi connectivity index (χ0v) is 9.51. The number of carbonyl (C=O) groups is 1. The number of hydrogen-bond acceptors (Lipinski definition) is 2. The second-order valence-corrected chi connectivity index (χ2v) is 4.03. The molecular weight excluding hydrogens is 218 g/mol. The van der Waals surface area contributed by atoms with Crippen LogP contribution in [0.15, 0.2) is 35.1 Å². The minimum atomic E-state index is -0.901. The van der Waals surface area contributed by atoms with E-state index in [0.29, 0.717) is 0 Å². The molecule has 0 bridgehead atoms. The van der Waals surface area contributed by atoms with Gasteiger partial charge < -0.3 is 9.67 Å². The first-order chi connectivity index (χ1) is 8.08. The first-order valence-corrected chi connectivity index (χ1v) is 5.40. The van der Waals surface area contributed by atoms with Gasteiger partial charge in [-0.1, -0.05) is 12.1 Å². The van der Waals surface area contributed by atoms with Crippen molar-refractivity contribution in [3.63, 3.8) is 0 Å². The van der Waals surface area contributed by atoms with Crippen molar-refractivity contribution in [2.45, 2.75) is 19.9 Å². The standard InChI is InChI=1S/C13H13NO3/c1-9-2-3-10-4-5-12(15)14(11(10)8-9)7-6-13(16)17/h2-5,8H,6-7H2,1H3,(H,16,17). The van der Waals surface area contributed by atoms with Crippen LogP contribution in [0.3, 0.4) is 0 Å². The summed E-state index contributed by atoms with van der Waals surface area (Å²) in [6.07, 6.45) is -0.0486. The number of benzene rings is 1. The summed E-state index contributed by atoms with van der Waals surface area (Å²) in [5, 5.41) is 9.62. The summed E-state index contributed by atoms with van der Waals surface area (Å²) < 4.78 is 1.51. The van der Waals surface area contributed by atoms with Gasteiger partial charge in [0.25, 0.3) is 5.56 Å². The predicted molar refractivity (Wildman–Crippen MR) is 65.2 cm³/mol. The molecule has 1 aromatic carbocycles. The average molecular weight is 231 g/mol. The van der Waals surface area contributed by atoms with Gasteiger partial charge in [-0.3, -0.25) is 9.59 Å². The maximum absolute atomic E-state index is 11.7. The maximum Gasteiger partial charge on any atom is 0.305 e. The van der Waals surface area contributed by atoms with Crippen molar-refractivity contribution < 1.29 is 9.90 Å². The summed E-state index contributed by atoms with van der Waals surface area (Å²) in [6.45, 7) is 2.15. The molecule has 1 aromatic heterocycles. The van der Waals surface area contributed by atoms with E-state index in [1.807, 2.05) is 25.1 Å². The van der Waals surface area contributed by atoms with Crippen molar-refractivity contribution >= 4 is 16.9 Å². The van der Waals surface area contributed by atoms with Crippen LogP contribution >= 0.6 is 0 Å². The van der Waals surface area contributed by atoms with Gasteiger partial charge in [0, 0.05) is 12.6 Å². The quantitative estimate of drug-likeness (QED) is 0.876. The molecular formula is C13H13NO3. The van der Waals surface area contributed by atoms with Crippen molar-refractivity contribution in [3.8, 4) is 0 Å². The minimum Gasteiger partial charge on any atom is -0.481 e. The molecule has 1 N–H and O–H groups in total.